The van der Waals surface area contributed by atoms with Crippen molar-refractivity contribution < 1.29 is 9.53 Å². The number of methoxy groups -OCH3 is 1. The van der Waals surface area contributed by atoms with Crippen LogP contribution in [0, 0.1) is 0 Å². The Balaban J connectivity index is 2.72. The van der Waals surface area contributed by atoms with E-state index in [9.17, 15) is 4.79 Å². The molecule has 16 heavy (non-hydrogen) atoms. The van der Waals surface area contributed by atoms with Gasteiger partial charge in [0.1, 0.15) is 5.69 Å². The normalized spacial score (nSPS) is 10.7. The molecule has 3 heteroatoms. The van der Waals surface area contributed by atoms with Gasteiger partial charge < -0.3 is 9.30 Å². The molecular formula is C13H15NO2. The summed E-state index contributed by atoms with van der Waals surface area (Å²) in [7, 11) is 3.29. The van der Waals surface area contributed by atoms with Gasteiger partial charge in [-0.05, 0) is 24.1 Å². The lowest BCUT2D eigenvalue weighted by molar-refractivity contribution is 0.0590. The zero-order valence-electron chi connectivity index (χ0n) is 9.78. The molecule has 0 atom stereocenters. The number of hydrogen-bond acceptors (Lipinski definition) is 2. The van der Waals surface area contributed by atoms with Crippen molar-refractivity contribution in [2.75, 3.05) is 7.11 Å². The van der Waals surface area contributed by atoms with Crippen LogP contribution in [0.15, 0.2) is 24.3 Å². The molecule has 84 valence electrons. The summed E-state index contributed by atoms with van der Waals surface area (Å²) in [6, 6.07) is 8.02. The Kier molecular flexibility index (Phi) is 2.69. The van der Waals surface area contributed by atoms with Crippen LogP contribution in [-0.2, 0) is 18.2 Å². The number of aromatic nitrogens is 1. The number of hydrogen-bond donors (Lipinski definition) is 0. The molecular weight excluding hydrogens is 202 g/mol. The van der Waals surface area contributed by atoms with Gasteiger partial charge in [0.2, 0.25) is 0 Å². The van der Waals surface area contributed by atoms with Crippen LogP contribution in [-0.4, -0.2) is 17.6 Å². The summed E-state index contributed by atoms with van der Waals surface area (Å²) in [6.45, 7) is 2.11. The van der Waals surface area contributed by atoms with E-state index >= 15 is 0 Å². The highest BCUT2D eigenvalue weighted by molar-refractivity contribution is 5.96. The predicted octanol–water partition coefficient (Wildman–Crippen LogP) is 2.53. The Morgan fingerprint density at radius 1 is 1.44 bits per heavy atom. The summed E-state index contributed by atoms with van der Waals surface area (Å²) in [5, 5.41) is 1.13. The number of rotatable bonds is 2. The maximum atomic E-state index is 11.6. The number of ether oxygens (including phenoxy) is 1. The molecule has 0 unspecified atom stereocenters. The highest BCUT2D eigenvalue weighted by atomic mass is 16.5. The number of benzene rings is 1. The summed E-state index contributed by atoms with van der Waals surface area (Å²) in [4.78, 5) is 11.6. The van der Waals surface area contributed by atoms with Crippen LogP contribution in [0.4, 0.5) is 0 Å². The lowest BCUT2D eigenvalue weighted by Gasteiger charge is -2.02. The molecule has 0 aliphatic carbocycles. The van der Waals surface area contributed by atoms with Crippen LogP contribution in [0.25, 0.3) is 10.9 Å². The van der Waals surface area contributed by atoms with Crippen LogP contribution in [0.1, 0.15) is 23.0 Å². The lowest BCUT2D eigenvalue weighted by Crippen LogP contribution is -2.06. The second-order valence-corrected chi connectivity index (χ2v) is 3.78. The van der Waals surface area contributed by atoms with E-state index in [1.165, 1.54) is 12.7 Å². The minimum absolute atomic E-state index is 0.291. The van der Waals surface area contributed by atoms with Crippen molar-refractivity contribution in [1.29, 1.82) is 0 Å². The van der Waals surface area contributed by atoms with Gasteiger partial charge in [0.25, 0.3) is 0 Å². The number of nitrogens with zero attached hydrogens (tertiary/aromatic N) is 1. The zero-order valence-corrected chi connectivity index (χ0v) is 9.78. The Morgan fingerprint density at radius 3 is 2.81 bits per heavy atom. The summed E-state index contributed by atoms with van der Waals surface area (Å²) in [5.74, 6) is -0.291. The molecule has 2 rings (SSSR count). The van der Waals surface area contributed by atoms with E-state index in [0.717, 1.165) is 17.3 Å². The fourth-order valence-corrected chi connectivity index (χ4v) is 2.03. The molecule has 0 aliphatic rings. The Bertz CT molecular complexity index is 540. The standard InChI is InChI=1S/C13H15NO2/c1-4-9-6-5-7-11-10(9)8-12(14(11)2)13(15)16-3/h5-8H,4H2,1-3H3. The molecule has 2 aromatic rings. The Hall–Kier alpha value is -1.77. The number of carbonyl (C=O) groups is 1. The highest BCUT2D eigenvalue weighted by Crippen LogP contribution is 2.23. The van der Waals surface area contributed by atoms with Crippen LogP contribution in [0.5, 0.6) is 0 Å². The second-order valence-electron chi connectivity index (χ2n) is 3.78. The van der Waals surface area contributed by atoms with Gasteiger partial charge in [-0.2, -0.15) is 0 Å². The average Bonchev–Trinajstić information content (AvgIpc) is 2.66. The largest absolute Gasteiger partial charge is 0.464 e. The van der Waals surface area contributed by atoms with Crippen molar-refractivity contribution in [1.82, 2.24) is 4.57 Å². The quantitative estimate of drug-likeness (QED) is 0.724. The topological polar surface area (TPSA) is 31.2 Å². The third-order valence-corrected chi connectivity index (χ3v) is 2.95. The maximum absolute atomic E-state index is 11.6. The van der Waals surface area contributed by atoms with Gasteiger partial charge in [-0.1, -0.05) is 19.1 Å². The third-order valence-electron chi connectivity index (χ3n) is 2.95. The first-order valence-electron chi connectivity index (χ1n) is 5.34. The molecule has 0 saturated heterocycles. The summed E-state index contributed by atoms with van der Waals surface area (Å²) in [5.41, 5.74) is 2.92. The average molecular weight is 217 g/mol. The lowest BCUT2D eigenvalue weighted by atomic mass is 10.1. The predicted molar refractivity (Wildman–Crippen MR) is 63.6 cm³/mol. The van der Waals surface area contributed by atoms with Crippen molar-refractivity contribution >= 4 is 16.9 Å². The SMILES string of the molecule is CCc1cccc2c1cc(C(=O)OC)n2C. The maximum Gasteiger partial charge on any atom is 0.354 e. The minimum atomic E-state index is -0.291. The first kappa shape index (κ1) is 10.7. The minimum Gasteiger partial charge on any atom is -0.464 e. The second kappa shape index (κ2) is 4.00. The van der Waals surface area contributed by atoms with E-state index in [4.69, 9.17) is 4.74 Å². The number of fused-ring (bicyclic) bond motifs is 1. The monoisotopic (exact) mass is 217 g/mol. The number of aryl methyl sites for hydroxylation is 2. The molecule has 0 spiro atoms. The van der Waals surface area contributed by atoms with Crippen molar-refractivity contribution in [3.63, 3.8) is 0 Å². The van der Waals surface area contributed by atoms with Crippen molar-refractivity contribution in [2.24, 2.45) is 7.05 Å². The van der Waals surface area contributed by atoms with Gasteiger partial charge in [-0.15, -0.1) is 0 Å². The van der Waals surface area contributed by atoms with Gasteiger partial charge in [-0.25, -0.2) is 4.79 Å². The van der Waals surface area contributed by atoms with E-state index in [2.05, 4.69) is 13.0 Å². The molecule has 0 amide bonds. The molecule has 0 aliphatic heterocycles. The first-order valence-corrected chi connectivity index (χ1v) is 5.34. The molecule has 1 aromatic heterocycles. The smallest absolute Gasteiger partial charge is 0.354 e. The number of carbonyl (C=O) groups excluding carboxylic acids is 1. The van der Waals surface area contributed by atoms with Crippen LogP contribution in [0.3, 0.4) is 0 Å². The zero-order chi connectivity index (χ0) is 11.7. The van der Waals surface area contributed by atoms with Gasteiger partial charge in [0.05, 0.1) is 7.11 Å². The first-order chi connectivity index (χ1) is 7.69. The van der Waals surface area contributed by atoms with E-state index in [0.29, 0.717) is 5.69 Å². The fraction of sp³-hybridized carbons (Fsp3) is 0.308. The third kappa shape index (κ3) is 1.48. The molecule has 0 N–H and O–H groups in total. The summed E-state index contributed by atoms with van der Waals surface area (Å²) < 4.78 is 6.64. The van der Waals surface area contributed by atoms with E-state index < -0.39 is 0 Å². The van der Waals surface area contributed by atoms with Crippen molar-refractivity contribution in [2.45, 2.75) is 13.3 Å². The Labute approximate surface area is 94.6 Å². The van der Waals surface area contributed by atoms with E-state index in [-0.39, 0.29) is 5.97 Å². The van der Waals surface area contributed by atoms with Crippen molar-refractivity contribution in [3.05, 3.63) is 35.5 Å². The van der Waals surface area contributed by atoms with Gasteiger partial charge >= 0.3 is 5.97 Å². The van der Waals surface area contributed by atoms with Gasteiger partial charge in [0, 0.05) is 18.0 Å². The van der Waals surface area contributed by atoms with Gasteiger partial charge in [0.15, 0.2) is 0 Å². The molecule has 3 nitrogen and oxygen atoms in total. The highest BCUT2D eigenvalue weighted by Gasteiger charge is 2.14. The van der Waals surface area contributed by atoms with E-state index in [1.54, 1.807) is 0 Å². The van der Waals surface area contributed by atoms with Crippen LogP contribution >= 0.6 is 0 Å². The van der Waals surface area contributed by atoms with Gasteiger partial charge in [-0.3, -0.25) is 0 Å². The number of esters is 1. The molecule has 0 bridgehead atoms. The Morgan fingerprint density at radius 2 is 2.19 bits per heavy atom. The van der Waals surface area contributed by atoms with Crippen LogP contribution < -0.4 is 0 Å². The fourth-order valence-electron chi connectivity index (χ4n) is 2.03. The van der Waals surface area contributed by atoms with Crippen LogP contribution in [0.2, 0.25) is 0 Å². The molecule has 0 saturated carbocycles. The summed E-state index contributed by atoms with van der Waals surface area (Å²) in [6.07, 6.45) is 0.960. The molecule has 1 aromatic carbocycles. The molecule has 0 radical (unpaired) electrons. The molecule has 1 heterocycles. The van der Waals surface area contributed by atoms with Crippen molar-refractivity contribution in [3.8, 4) is 0 Å². The summed E-state index contributed by atoms with van der Waals surface area (Å²) >= 11 is 0. The van der Waals surface area contributed by atoms with E-state index in [1.807, 2.05) is 29.8 Å². The molecule has 0 fully saturated rings.